The van der Waals surface area contributed by atoms with Crippen LogP contribution < -0.4 is 0 Å². The van der Waals surface area contributed by atoms with Crippen molar-refractivity contribution >= 4 is 23.7 Å². The van der Waals surface area contributed by atoms with Crippen molar-refractivity contribution in [3.8, 4) is 0 Å². The van der Waals surface area contributed by atoms with E-state index in [1.54, 1.807) is 6.92 Å². The van der Waals surface area contributed by atoms with E-state index in [9.17, 15) is 14.0 Å². The second-order valence-electron chi connectivity index (χ2n) is 3.20. The van der Waals surface area contributed by atoms with Gasteiger partial charge in [-0.15, -0.1) is 0 Å². The van der Waals surface area contributed by atoms with Crippen LogP contribution in [0.4, 0.5) is 4.39 Å². The summed E-state index contributed by atoms with van der Waals surface area (Å²) < 4.78 is 21.7. The van der Waals surface area contributed by atoms with Gasteiger partial charge in [-0.25, -0.2) is 4.39 Å². The summed E-state index contributed by atoms with van der Waals surface area (Å²) in [6.07, 6.45) is 0.214. The number of alkyl halides is 1. The third-order valence-electron chi connectivity index (χ3n) is 2.15. The average Bonchev–Trinajstić information content (AvgIpc) is 2.32. The fourth-order valence-electron chi connectivity index (χ4n) is 1.06. The van der Waals surface area contributed by atoms with Crippen LogP contribution in [0.2, 0.25) is 0 Å². The topological polar surface area (TPSA) is 52.6 Å². The molecule has 0 amide bonds. The van der Waals surface area contributed by atoms with Crippen LogP contribution in [0.15, 0.2) is 0 Å². The molecule has 0 heterocycles. The number of methoxy groups -OCH3 is 2. The summed E-state index contributed by atoms with van der Waals surface area (Å²) in [4.78, 5) is 22.0. The van der Waals surface area contributed by atoms with Crippen molar-refractivity contribution in [2.75, 3.05) is 26.6 Å². The molecule has 16 heavy (non-hydrogen) atoms. The van der Waals surface area contributed by atoms with Gasteiger partial charge < -0.3 is 9.47 Å². The fourth-order valence-corrected chi connectivity index (χ4v) is 2.13. The predicted molar refractivity (Wildman–Crippen MR) is 60.0 cm³/mol. The minimum Gasteiger partial charge on any atom is -0.469 e. The normalized spacial score (nSPS) is 14.0. The van der Waals surface area contributed by atoms with E-state index in [1.165, 1.54) is 26.0 Å². The van der Waals surface area contributed by atoms with Crippen molar-refractivity contribution in [3.63, 3.8) is 0 Å². The predicted octanol–water partition coefficient (Wildman–Crippen LogP) is 1.43. The van der Waals surface area contributed by atoms with Crippen molar-refractivity contribution in [1.29, 1.82) is 0 Å². The van der Waals surface area contributed by atoms with Gasteiger partial charge in [0.1, 0.15) is 6.67 Å². The van der Waals surface area contributed by atoms with E-state index in [2.05, 4.69) is 9.47 Å². The third kappa shape index (κ3) is 5.34. The smallest absolute Gasteiger partial charge is 0.309 e. The second kappa shape index (κ2) is 8.38. The lowest BCUT2D eigenvalue weighted by Crippen LogP contribution is -2.26. The molecule has 0 fully saturated rings. The Kier molecular flexibility index (Phi) is 7.97. The zero-order chi connectivity index (χ0) is 12.6. The van der Waals surface area contributed by atoms with Crippen molar-refractivity contribution < 1.29 is 23.5 Å². The molecule has 0 N–H and O–H groups in total. The minimum atomic E-state index is -0.623. The fraction of sp³-hybridized carbons (Fsp3) is 0.800. The summed E-state index contributed by atoms with van der Waals surface area (Å²) >= 11 is 1.24. The highest BCUT2D eigenvalue weighted by molar-refractivity contribution is 8.00. The standard InChI is InChI=1S/C10H17FO4S/c1-7(10(13)15-3)8(6-11)16-5-4-9(12)14-2/h7-8H,4-6H2,1-3H3. The SMILES string of the molecule is COC(=O)CCSC(CF)C(C)C(=O)OC. The summed E-state index contributed by atoms with van der Waals surface area (Å²) in [5.74, 6) is -0.857. The molecule has 0 rings (SSSR count). The number of carbonyl (C=O) groups excluding carboxylic acids is 2. The first-order valence-corrected chi connectivity index (χ1v) is 5.93. The molecule has 0 aromatic rings. The lowest BCUT2D eigenvalue weighted by Gasteiger charge is -2.18. The van der Waals surface area contributed by atoms with Gasteiger partial charge in [-0.3, -0.25) is 9.59 Å². The Morgan fingerprint density at radius 2 is 1.94 bits per heavy atom. The molecule has 2 atom stereocenters. The van der Waals surface area contributed by atoms with Crippen LogP contribution in [0.25, 0.3) is 0 Å². The summed E-state index contributed by atoms with van der Waals surface area (Å²) in [5.41, 5.74) is 0. The van der Waals surface area contributed by atoms with Crippen molar-refractivity contribution in [3.05, 3.63) is 0 Å². The highest BCUT2D eigenvalue weighted by Crippen LogP contribution is 2.22. The Bertz CT molecular complexity index is 235. The summed E-state index contributed by atoms with van der Waals surface area (Å²) in [5, 5.41) is -0.475. The average molecular weight is 252 g/mol. The van der Waals surface area contributed by atoms with Crippen molar-refractivity contribution in [2.45, 2.75) is 18.6 Å². The van der Waals surface area contributed by atoms with Gasteiger partial charge in [0.05, 0.1) is 26.6 Å². The van der Waals surface area contributed by atoms with Gasteiger partial charge in [0.25, 0.3) is 0 Å². The number of rotatable bonds is 7. The molecule has 4 nitrogen and oxygen atoms in total. The largest absolute Gasteiger partial charge is 0.469 e. The Labute approximate surface area is 98.9 Å². The first-order chi connectivity index (χ1) is 7.56. The van der Waals surface area contributed by atoms with E-state index in [0.717, 1.165) is 0 Å². The van der Waals surface area contributed by atoms with Crippen LogP contribution in [0.5, 0.6) is 0 Å². The van der Waals surface area contributed by atoms with Gasteiger partial charge in [-0.1, -0.05) is 6.92 Å². The highest BCUT2D eigenvalue weighted by Gasteiger charge is 2.25. The Balaban J connectivity index is 4.00. The van der Waals surface area contributed by atoms with Crippen molar-refractivity contribution in [2.24, 2.45) is 5.92 Å². The number of carbonyl (C=O) groups is 2. The van der Waals surface area contributed by atoms with Crippen molar-refractivity contribution in [1.82, 2.24) is 0 Å². The number of thioether (sulfide) groups is 1. The molecule has 0 spiro atoms. The molecule has 6 heteroatoms. The Morgan fingerprint density at radius 3 is 2.38 bits per heavy atom. The molecular weight excluding hydrogens is 235 g/mol. The second-order valence-corrected chi connectivity index (χ2v) is 4.55. The molecule has 0 saturated carbocycles. The van der Waals surface area contributed by atoms with E-state index < -0.39 is 23.8 Å². The maximum atomic E-state index is 12.7. The highest BCUT2D eigenvalue weighted by atomic mass is 32.2. The van der Waals surface area contributed by atoms with Gasteiger partial charge in [0.2, 0.25) is 0 Å². The van der Waals surface area contributed by atoms with E-state index in [1.807, 2.05) is 0 Å². The summed E-state index contributed by atoms with van der Waals surface area (Å²) in [6, 6.07) is 0. The lowest BCUT2D eigenvalue weighted by atomic mass is 10.1. The Morgan fingerprint density at radius 1 is 1.31 bits per heavy atom. The summed E-state index contributed by atoms with van der Waals surface area (Å²) in [6.45, 7) is 0.989. The van der Waals surface area contributed by atoms with Gasteiger partial charge in [0.15, 0.2) is 0 Å². The Hall–Kier alpha value is -0.780. The number of esters is 2. The van der Waals surface area contributed by atoms with Crippen LogP contribution >= 0.6 is 11.8 Å². The van der Waals surface area contributed by atoms with Gasteiger partial charge in [0, 0.05) is 11.0 Å². The van der Waals surface area contributed by atoms with Gasteiger partial charge in [-0.2, -0.15) is 11.8 Å². The molecule has 0 aliphatic rings. The van der Waals surface area contributed by atoms with Crippen LogP contribution in [0, 0.1) is 5.92 Å². The molecule has 2 unspecified atom stereocenters. The van der Waals surface area contributed by atoms with Gasteiger partial charge in [-0.05, 0) is 0 Å². The quantitative estimate of drug-likeness (QED) is 0.642. The van der Waals surface area contributed by atoms with E-state index in [-0.39, 0.29) is 12.4 Å². The van der Waals surface area contributed by atoms with Crippen LogP contribution in [-0.2, 0) is 19.1 Å². The van der Waals surface area contributed by atoms with Crippen LogP contribution in [0.3, 0.4) is 0 Å². The number of halogens is 1. The zero-order valence-corrected chi connectivity index (χ0v) is 10.5. The van der Waals surface area contributed by atoms with E-state index >= 15 is 0 Å². The van der Waals surface area contributed by atoms with Gasteiger partial charge >= 0.3 is 11.9 Å². The monoisotopic (exact) mass is 252 g/mol. The molecule has 0 aromatic carbocycles. The maximum absolute atomic E-state index is 12.7. The zero-order valence-electron chi connectivity index (χ0n) is 9.70. The van der Waals surface area contributed by atoms with Crippen LogP contribution in [-0.4, -0.2) is 43.8 Å². The van der Waals surface area contributed by atoms with E-state index in [4.69, 9.17) is 0 Å². The molecule has 0 radical (unpaired) electrons. The number of hydrogen-bond donors (Lipinski definition) is 0. The van der Waals surface area contributed by atoms with Crippen LogP contribution in [0.1, 0.15) is 13.3 Å². The molecule has 0 saturated heterocycles. The third-order valence-corrected chi connectivity index (χ3v) is 3.55. The van der Waals surface area contributed by atoms with E-state index in [0.29, 0.717) is 5.75 Å². The minimum absolute atomic E-state index is 0.214. The first kappa shape index (κ1) is 15.2. The molecular formula is C10H17FO4S. The maximum Gasteiger partial charge on any atom is 0.309 e. The molecule has 0 bridgehead atoms. The molecule has 94 valence electrons. The first-order valence-electron chi connectivity index (χ1n) is 4.89. The molecule has 0 aliphatic heterocycles. The molecule has 0 aliphatic carbocycles. The number of hydrogen-bond acceptors (Lipinski definition) is 5. The lowest BCUT2D eigenvalue weighted by molar-refractivity contribution is -0.145. The number of ether oxygens (including phenoxy) is 2. The molecule has 0 aromatic heterocycles. The summed E-state index contributed by atoms with van der Waals surface area (Å²) in [7, 11) is 2.57.